The first kappa shape index (κ1) is 13.9. The van der Waals surface area contributed by atoms with Crippen molar-refractivity contribution >= 4 is 11.6 Å². The van der Waals surface area contributed by atoms with E-state index >= 15 is 0 Å². The van der Waals surface area contributed by atoms with E-state index in [0.29, 0.717) is 24.0 Å². The molecule has 5 heteroatoms. The highest BCUT2D eigenvalue weighted by molar-refractivity contribution is 6.29. The van der Waals surface area contributed by atoms with Gasteiger partial charge in [0.05, 0.1) is 5.69 Å². The first-order chi connectivity index (χ1) is 9.21. The molecule has 0 atom stereocenters. The molecule has 0 radical (unpaired) electrons. The minimum absolute atomic E-state index is 0.357. The van der Waals surface area contributed by atoms with Crippen molar-refractivity contribution in [2.45, 2.75) is 26.4 Å². The van der Waals surface area contributed by atoms with E-state index in [9.17, 15) is 0 Å². The van der Waals surface area contributed by atoms with Crippen LogP contribution in [-0.2, 0) is 24.2 Å². The van der Waals surface area contributed by atoms with Crippen molar-refractivity contribution in [2.24, 2.45) is 0 Å². The van der Waals surface area contributed by atoms with Gasteiger partial charge >= 0.3 is 0 Å². The highest BCUT2D eigenvalue weighted by Gasteiger charge is 2.05. The molecular weight excluding hydrogens is 262 g/mol. The summed E-state index contributed by atoms with van der Waals surface area (Å²) in [7, 11) is 1.61. The molecular formula is C14H16ClN3O. The van der Waals surface area contributed by atoms with E-state index in [4.69, 9.17) is 16.3 Å². The lowest BCUT2D eigenvalue weighted by Crippen LogP contribution is -2.03. The van der Waals surface area contributed by atoms with Crippen molar-refractivity contribution in [1.29, 1.82) is 0 Å². The largest absolute Gasteiger partial charge is 0.377 e. The maximum atomic E-state index is 5.97. The highest BCUT2D eigenvalue weighted by atomic mass is 35.5. The predicted octanol–water partition coefficient (Wildman–Crippen LogP) is 2.82. The fraction of sp³-hybridized carbons (Fsp3) is 0.357. The van der Waals surface area contributed by atoms with E-state index in [1.165, 1.54) is 5.56 Å². The van der Waals surface area contributed by atoms with Gasteiger partial charge in [-0.05, 0) is 24.1 Å². The SMILES string of the molecule is CCc1ccc(Cc2cc(Cl)nc(COC)n2)nc1. The Hall–Kier alpha value is -1.52. The minimum atomic E-state index is 0.357. The molecule has 0 spiro atoms. The summed E-state index contributed by atoms with van der Waals surface area (Å²) in [5, 5.41) is 0.433. The molecule has 0 saturated carbocycles. The lowest BCUT2D eigenvalue weighted by atomic mass is 10.1. The highest BCUT2D eigenvalue weighted by Crippen LogP contribution is 2.12. The fourth-order valence-electron chi connectivity index (χ4n) is 1.75. The monoisotopic (exact) mass is 277 g/mol. The Morgan fingerprint density at radius 2 is 2.05 bits per heavy atom. The third-order valence-electron chi connectivity index (χ3n) is 2.72. The molecule has 0 aromatic carbocycles. The van der Waals surface area contributed by atoms with Crippen LogP contribution in [0, 0.1) is 0 Å². The molecule has 2 aromatic heterocycles. The van der Waals surface area contributed by atoms with Gasteiger partial charge in [-0.3, -0.25) is 4.98 Å². The first-order valence-electron chi connectivity index (χ1n) is 6.16. The van der Waals surface area contributed by atoms with Crippen molar-refractivity contribution < 1.29 is 4.74 Å². The lowest BCUT2D eigenvalue weighted by Gasteiger charge is -2.05. The molecule has 0 unspecified atom stereocenters. The van der Waals surface area contributed by atoms with E-state index in [1.807, 2.05) is 12.3 Å². The second-order valence-electron chi connectivity index (χ2n) is 4.22. The van der Waals surface area contributed by atoms with Gasteiger partial charge in [0.15, 0.2) is 5.82 Å². The van der Waals surface area contributed by atoms with Crippen LogP contribution in [-0.4, -0.2) is 22.1 Å². The van der Waals surface area contributed by atoms with Crippen molar-refractivity contribution in [3.05, 3.63) is 52.3 Å². The molecule has 19 heavy (non-hydrogen) atoms. The van der Waals surface area contributed by atoms with Crippen LogP contribution < -0.4 is 0 Å². The second kappa shape index (κ2) is 6.59. The van der Waals surface area contributed by atoms with Gasteiger partial charge in [0, 0.05) is 25.4 Å². The van der Waals surface area contributed by atoms with Gasteiger partial charge in [-0.2, -0.15) is 0 Å². The molecule has 100 valence electrons. The van der Waals surface area contributed by atoms with Crippen LogP contribution >= 0.6 is 11.6 Å². The van der Waals surface area contributed by atoms with Crippen LogP contribution in [0.15, 0.2) is 24.4 Å². The molecule has 0 fully saturated rings. The number of hydrogen-bond acceptors (Lipinski definition) is 4. The number of hydrogen-bond donors (Lipinski definition) is 0. The molecule has 0 N–H and O–H groups in total. The van der Waals surface area contributed by atoms with Crippen molar-refractivity contribution in [2.75, 3.05) is 7.11 Å². The van der Waals surface area contributed by atoms with Crippen LogP contribution in [0.5, 0.6) is 0 Å². The van der Waals surface area contributed by atoms with Crippen LogP contribution in [0.4, 0.5) is 0 Å². The summed E-state index contributed by atoms with van der Waals surface area (Å²) in [5.74, 6) is 0.593. The molecule has 2 heterocycles. The molecule has 0 aliphatic carbocycles. The van der Waals surface area contributed by atoms with Gasteiger partial charge in [0.1, 0.15) is 11.8 Å². The van der Waals surface area contributed by atoms with Crippen LogP contribution in [0.25, 0.3) is 0 Å². The molecule has 4 nitrogen and oxygen atoms in total. The maximum absolute atomic E-state index is 5.97. The predicted molar refractivity (Wildman–Crippen MR) is 74.2 cm³/mol. The summed E-state index contributed by atoms with van der Waals surface area (Å²) in [6.45, 7) is 2.47. The first-order valence-corrected chi connectivity index (χ1v) is 6.54. The van der Waals surface area contributed by atoms with Gasteiger partial charge in [-0.15, -0.1) is 0 Å². The van der Waals surface area contributed by atoms with Crippen molar-refractivity contribution in [1.82, 2.24) is 15.0 Å². The zero-order valence-electron chi connectivity index (χ0n) is 11.1. The maximum Gasteiger partial charge on any atom is 0.155 e. The van der Waals surface area contributed by atoms with Crippen molar-refractivity contribution in [3.8, 4) is 0 Å². The number of aryl methyl sites for hydroxylation is 1. The smallest absolute Gasteiger partial charge is 0.155 e. The summed E-state index contributed by atoms with van der Waals surface area (Å²) in [4.78, 5) is 12.9. The third-order valence-corrected chi connectivity index (χ3v) is 2.92. The molecule has 0 amide bonds. The van der Waals surface area contributed by atoms with Crippen LogP contribution in [0.3, 0.4) is 0 Å². The van der Waals surface area contributed by atoms with E-state index < -0.39 is 0 Å². The van der Waals surface area contributed by atoms with E-state index in [2.05, 4.69) is 27.9 Å². The Morgan fingerprint density at radius 3 is 2.68 bits per heavy atom. The zero-order chi connectivity index (χ0) is 13.7. The fourth-order valence-corrected chi connectivity index (χ4v) is 1.98. The van der Waals surface area contributed by atoms with Gasteiger partial charge in [-0.25, -0.2) is 9.97 Å². The number of rotatable bonds is 5. The Balaban J connectivity index is 2.17. The average molecular weight is 278 g/mol. The van der Waals surface area contributed by atoms with Crippen LogP contribution in [0.2, 0.25) is 5.15 Å². The van der Waals surface area contributed by atoms with Gasteiger partial charge < -0.3 is 4.74 Å². The summed E-state index contributed by atoms with van der Waals surface area (Å²) in [6, 6.07) is 5.86. The third kappa shape index (κ3) is 3.98. The molecule has 0 aliphatic heterocycles. The lowest BCUT2D eigenvalue weighted by molar-refractivity contribution is 0.177. The summed E-state index contributed by atoms with van der Waals surface area (Å²) in [5.41, 5.74) is 3.05. The molecule has 0 aliphatic rings. The second-order valence-corrected chi connectivity index (χ2v) is 4.61. The standard InChI is InChI=1S/C14H16ClN3O/c1-3-10-4-5-11(16-8-10)6-12-7-13(15)18-14(17-12)9-19-2/h4-5,7-8H,3,6,9H2,1-2H3. The summed E-state index contributed by atoms with van der Waals surface area (Å²) < 4.78 is 5.02. The number of halogens is 1. The summed E-state index contributed by atoms with van der Waals surface area (Å²) >= 11 is 5.97. The molecule has 2 aromatic rings. The van der Waals surface area contributed by atoms with Gasteiger partial charge in [0.25, 0.3) is 0 Å². The van der Waals surface area contributed by atoms with E-state index in [1.54, 1.807) is 13.2 Å². The molecule has 0 saturated heterocycles. The minimum Gasteiger partial charge on any atom is -0.377 e. The Kier molecular flexibility index (Phi) is 4.82. The topological polar surface area (TPSA) is 47.9 Å². The average Bonchev–Trinajstić information content (AvgIpc) is 2.39. The quantitative estimate of drug-likeness (QED) is 0.789. The van der Waals surface area contributed by atoms with Gasteiger partial charge in [0.2, 0.25) is 0 Å². The van der Waals surface area contributed by atoms with Gasteiger partial charge in [-0.1, -0.05) is 24.6 Å². The normalized spacial score (nSPS) is 10.7. The Morgan fingerprint density at radius 1 is 1.21 bits per heavy atom. The van der Waals surface area contributed by atoms with E-state index in [-0.39, 0.29) is 0 Å². The van der Waals surface area contributed by atoms with Crippen molar-refractivity contribution in [3.63, 3.8) is 0 Å². The Labute approximate surface area is 117 Å². The summed E-state index contributed by atoms with van der Waals surface area (Å²) in [6.07, 6.45) is 3.53. The van der Waals surface area contributed by atoms with E-state index in [0.717, 1.165) is 17.8 Å². The number of nitrogens with zero attached hydrogens (tertiary/aromatic N) is 3. The number of aromatic nitrogens is 3. The van der Waals surface area contributed by atoms with Crippen LogP contribution in [0.1, 0.15) is 29.7 Å². The molecule has 2 rings (SSSR count). The zero-order valence-corrected chi connectivity index (χ0v) is 11.8. The number of pyridine rings is 1. The number of ether oxygens (including phenoxy) is 1. The molecule has 0 bridgehead atoms. The number of methoxy groups -OCH3 is 1. The Bertz CT molecular complexity index is 543.